The smallest absolute Gasteiger partial charge is 0.388 e. The fourth-order valence-corrected chi connectivity index (χ4v) is 4.52. The first-order valence-corrected chi connectivity index (χ1v) is 12.3. The third-order valence-corrected chi connectivity index (χ3v) is 6.66. The second-order valence-corrected chi connectivity index (χ2v) is 10.0. The van der Waals surface area contributed by atoms with Crippen LogP contribution in [-0.4, -0.2) is 75.3 Å². The standard InChI is InChI=1S/C24H24ClF3N8O3/c1-23(39)7-9-33(13-23)17-6-8-29-10-18(17)36-14-30-20(31-36)12-35-22(38)34(11-19(37)24(26,27)28)21(32-35)15-2-4-16(25)5-3-15/h2-6,8,10,14,19,37,39H,7,9,11-13H2,1H3. The van der Waals surface area contributed by atoms with E-state index < -0.39 is 30.1 Å². The first-order valence-electron chi connectivity index (χ1n) is 11.9. The second kappa shape index (κ2) is 10.1. The number of pyridine rings is 1. The number of nitrogens with zero attached hydrogens (tertiary/aromatic N) is 8. The van der Waals surface area contributed by atoms with Gasteiger partial charge in [0, 0.05) is 29.9 Å². The van der Waals surface area contributed by atoms with Crippen LogP contribution in [0.5, 0.6) is 0 Å². The molecule has 1 fully saturated rings. The van der Waals surface area contributed by atoms with Crippen molar-refractivity contribution >= 4 is 17.3 Å². The van der Waals surface area contributed by atoms with Crippen LogP contribution in [0.25, 0.3) is 17.1 Å². The molecule has 1 aliphatic heterocycles. The van der Waals surface area contributed by atoms with Crippen molar-refractivity contribution in [1.82, 2.24) is 34.1 Å². The summed E-state index contributed by atoms with van der Waals surface area (Å²) < 4.78 is 42.5. The molecule has 4 aromatic rings. The molecule has 1 saturated heterocycles. The Morgan fingerprint density at radius 1 is 1.15 bits per heavy atom. The zero-order valence-corrected chi connectivity index (χ0v) is 21.4. The minimum absolute atomic E-state index is 0.0740. The van der Waals surface area contributed by atoms with Gasteiger partial charge in [0.1, 0.15) is 18.6 Å². The number of β-amino-alcohol motifs (C(OH)–C–C–N with tert-alkyl or cyclic N) is 1. The Labute approximate surface area is 224 Å². The average Bonchev–Trinajstić information content (AvgIpc) is 3.58. The van der Waals surface area contributed by atoms with Crippen molar-refractivity contribution in [2.75, 3.05) is 18.0 Å². The van der Waals surface area contributed by atoms with E-state index in [4.69, 9.17) is 11.6 Å². The van der Waals surface area contributed by atoms with Crippen LogP contribution >= 0.6 is 11.6 Å². The normalized spacial score (nSPS) is 18.6. The maximum Gasteiger partial charge on any atom is 0.416 e. The van der Waals surface area contributed by atoms with Gasteiger partial charge < -0.3 is 15.1 Å². The van der Waals surface area contributed by atoms with Crippen LogP contribution in [0.4, 0.5) is 18.9 Å². The molecule has 15 heteroatoms. The molecule has 0 spiro atoms. The molecule has 0 amide bonds. The average molecular weight is 565 g/mol. The molecule has 0 bridgehead atoms. The van der Waals surface area contributed by atoms with Crippen molar-refractivity contribution in [1.29, 1.82) is 0 Å². The van der Waals surface area contributed by atoms with E-state index in [0.717, 1.165) is 14.9 Å². The minimum atomic E-state index is -4.93. The van der Waals surface area contributed by atoms with Gasteiger partial charge >= 0.3 is 11.9 Å². The van der Waals surface area contributed by atoms with Gasteiger partial charge in [-0.1, -0.05) is 11.6 Å². The molecule has 0 aliphatic carbocycles. The van der Waals surface area contributed by atoms with Crippen LogP contribution in [0.2, 0.25) is 5.02 Å². The number of alkyl halides is 3. The van der Waals surface area contributed by atoms with Gasteiger partial charge in [-0.2, -0.15) is 13.2 Å². The monoisotopic (exact) mass is 564 g/mol. The molecule has 39 heavy (non-hydrogen) atoms. The Morgan fingerprint density at radius 3 is 2.56 bits per heavy atom. The van der Waals surface area contributed by atoms with Gasteiger partial charge in [-0.3, -0.25) is 9.55 Å². The third-order valence-electron chi connectivity index (χ3n) is 6.41. The summed E-state index contributed by atoms with van der Waals surface area (Å²) >= 11 is 5.92. The fourth-order valence-electron chi connectivity index (χ4n) is 4.39. The van der Waals surface area contributed by atoms with Crippen molar-refractivity contribution in [2.45, 2.75) is 44.3 Å². The molecule has 2 atom stereocenters. The van der Waals surface area contributed by atoms with Crippen LogP contribution in [0, 0.1) is 0 Å². The zero-order valence-electron chi connectivity index (χ0n) is 20.6. The number of aliphatic hydroxyl groups excluding tert-OH is 1. The van der Waals surface area contributed by atoms with E-state index in [1.807, 2.05) is 4.90 Å². The van der Waals surface area contributed by atoms with Gasteiger partial charge in [0.15, 0.2) is 17.8 Å². The van der Waals surface area contributed by atoms with Crippen LogP contribution in [0.3, 0.4) is 0 Å². The number of aromatic nitrogens is 7. The van der Waals surface area contributed by atoms with Crippen LogP contribution in [0.15, 0.2) is 53.8 Å². The largest absolute Gasteiger partial charge is 0.416 e. The topological polar surface area (TPSA) is 127 Å². The van der Waals surface area contributed by atoms with Gasteiger partial charge in [-0.15, -0.1) is 10.2 Å². The molecule has 5 rings (SSSR count). The lowest BCUT2D eigenvalue weighted by Crippen LogP contribution is -2.37. The molecule has 0 radical (unpaired) electrons. The first-order chi connectivity index (χ1) is 18.4. The number of aliphatic hydroxyl groups is 2. The molecule has 3 aromatic heterocycles. The molecule has 4 heterocycles. The highest BCUT2D eigenvalue weighted by Gasteiger charge is 2.39. The Morgan fingerprint density at radius 2 is 1.90 bits per heavy atom. The Bertz CT molecular complexity index is 1530. The van der Waals surface area contributed by atoms with Crippen LogP contribution in [0.1, 0.15) is 19.2 Å². The summed E-state index contributed by atoms with van der Waals surface area (Å²) in [5.41, 5.74) is 0.0228. The Hall–Kier alpha value is -3.75. The molecule has 2 unspecified atom stereocenters. The number of rotatable bonds is 7. The lowest BCUT2D eigenvalue weighted by Gasteiger charge is -2.22. The Kier molecular flexibility index (Phi) is 6.95. The summed E-state index contributed by atoms with van der Waals surface area (Å²) in [6.07, 6.45) is -2.44. The summed E-state index contributed by atoms with van der Waals surface area (Å²) in [5.74, 6) is 0.0963. The lowest BCUT2D eigenvalue weighted by atomic mass is 10.1. The number of anilines is 1. The van der Waals surface area contributed by atoms with Crippen LogP contribution in [-0.2, 0) is 13.1 Å². The molecule has 11 nitrogen and oxygen atoms in total. The summed E-state index contributed by atoms with van der Waals surface area (Å²) in [4.78, 5) is 23.5. The molecule has 2 N–H and O–H groups in total. The molecule has 1 aliphatic rings. The zero-order chi connectivity index (χ0) is 27.9. The van der Waals surface area contributed by atoms with E-state index in [1.165, 1.54) is 35.3 Å². The van der Waals surface area contributed by atoms with Crippen LogP contribution < -0.4 is 10.6 Å². The second-order valence-electron chi connectivity index (χ2n) is 9.58. The van der Waals surface area contributed by atoms with Crippen molar-refractivity contribution in [3.63, 3.8) is 0 Å². The van der Waals surface area contributed by atoms with E-state index in [9.17, 15) is 28.2 Å². The van der Waals surface area contributed by atoms with Crippen molar-refractivity contribution in [3.8, 4) is 17.1 Å². The summed E-state index contributed by atoms with van der Waals surface area (Å²) in [6, 6.07) is 7.85. The van der Waals surface area contributed by atoms with E-state index >= 15 is 0 Å². The summed E-state index contributed by atoms with van der Waals surface area (Å²) in [5, 5.41) is 29.1. The summed E-state index contributed by atoms with van der Waals surface area (Å²) in [6.45, 7) is 1.55. The number of hydrogen-bond donors (Lipinski definition) is 2. The SMILES string of the molecule is CC1(O)CCN(c2ccncc2-n2cnc(Cn3nc(-c4ccc(Cl)cc4)n(CC(O)C(F)(F)F)c3=O)n2)C1. The molecular formula is C24H24ClF3N8O3. The quantitative estimate of drug-likeness (QED) is 0.350. The van der Waals surface area contributed by atoms with E-state index in [0.29, 0.717) is 35.8 Å². The molecule has 1 aromatic carbocycles. The van der Waals surface area contributed by atoms with E-state index in [1.54, 1.807) is 25.4 Å². The van der Waals surface area contributed by atoms with Gasteiger partial charge in [0.05, 0.1) is 24.0 Å². The number of hydrogen-bond acceptors (Lipinski definition) is 8. The highest BCUT2D eigenvalue weighted by atomic mass is 35.5. The van der Waals surface area contributed by atoms with Crippen molar-refractivity contribution in [3.05, 3.63) is 70.4 Å². The van der Waals surface area contributed by atoms with E-state index in [-0.39, 0.29) is 18.2 Å². The Balaban J connectivity index is 1.46. The van der Waals surface area contributed by atoms with Gasteiger partial charge in [0.25, 0.3) is 0 Å². The van der Waals surface area contributed by atoms with Crippen molar-refractivity contribution < 1.29 is 23.4 Å². The maximum atomic E-state index is 13.1. The third kappa shape index (κ3) is 5.67. The van der Waals surface area contributed by atoms with Crippen molar-refractivity contribution in [2.24, 2.45) is 0 Å². The van der Waals surface area contributed by atoms with Gasteiger partial charge in [0.2, 0.25) is 0 Å². The number of halogens is 4. The predicted octanol–water partition coefficient (Wildman–Crippen LogP) is 2.27. The van der Waals surface area contributed by atoms with Gasteiger partial charge in [-0.25, -0.2) is 19.1 Å². The lowest BCUT2D eigenvalue weighted by molar-refractivity contribution is -0.207. The highest BCUT2D eigenvalue weighted by Crippen LogP contribution is 2.30. The maximum absolute atomic E-state index is 13.1. The molecular weight excluding hydrogens is 541 g/mol. The predicted molar refractivity (Wildman–Crippen MR) is 135 cm³/mol. The number of benzene rings is 1. The molecule has 206 valence electrons. The fraction of sp³-hybridized carbons (Fsp3) is 0.375. The molecule has 0 saturated carbocycles. The van der Waals surface area contributed by atoms with E-state index in [2.05, 4.69) is 20.2 Å². The van der Waals surface area contributed by atoms with Gasteiger partial charge in [-0.05, 0) is 43.7 Å². The summed E-state index contributed by atoms with van der Waals surface area (Å²) in [7, 11) is 0. The first kappa shape index (κ1) is 26.8. The highest BCUT2D eigenvalue weighted by molar-refractivity contribution is 6.30. The minimum Gasteiger partial charge on any atom is -0.388 e.